The van der Waals surface area contributed by atoms with Crippen LogP contribution in [0.15, 0.2) is 48.5 Å². The number of piperidine rings is 1. The van der Waals surface area contributed by atoms with Gasteiger partial charge in [0.15, 0.2) is 0 Å². The highest BCUT2D eigenvalue weighted by Gasteiger charge is 2.21. The lowest BCUT2D eigenvalue weighted by Gasteiger charge is -2.28. The van der Waals surface area contributed by atoms with Crippen LogP contribution in [0.5, 0.6) is 0 Å². The minimum Gasteiger partial charge on any atom is -0.381 e. The van der Waals surface area contributed by atoms with Crippen molar-refractivity contribution in [1.29, 1.82) is 0 Å². The summed E-state index contributed by atoms with van der Waals surface area (Å²) in [5, 5.41) is 6.45. The molecule has 0 aromatic heterocycles. The van der Waals surface area contributed by atoms with Crippen molar-refractivity contribution in [3.63, 3.8) is 0 Å². The number of carbonyl (C=O) groups is 1. The Morgan fingerprint density at radius 2 is 1.39 bits per heavy atom. The smallest absolute Gasteiger partial charge is 0.227 e. The lowest BCUT2D eigenvalue weighted by atomic mass is 9.99. The fourth-order valence-electron chi connectivity index (χ4n) is 3.92. The van der Waals surface area contributed by atoms with Crippen molar-refractivity contribution in [3.8, 4) is 0 Å². The molecule has 2 aromatic rings. The van der Waals surface area contributed by atoms with Gasteiger partial charge in [-0.25, -0.2) is 0 Å². The molecule has 4 rings (SSSR count). The van der Waals surface area contributed by atoms with E-state index in [1.807, 2.05) is 24.3 Å². The molecule has 2 N–H and O–H groups in total. The predicted molar refractivity (Wildman–Crippen MR) is 114 cm³/mol. The normalized spacial score (nSPS) is 17.9. The van der Waals surface area contributed by atoms with Crippen LogP contribution in [-0.2, 0) is 9.53 Å². The zero-order valence-electron chi connectivity index (χ0n) is 16.3. The zero-order chi connectivity index (χ0) is 19.2. The van der Waals surface area contributed by atoms with Gasteiger partial charge < -0.3 is 20.3 Å². The van der Waals surface area contributed by atoms with Crippen LogP contribution in [-0.4, -0.2) is 32.2 Å². The van der Waals surface area contributed by atoms with Crippen LogP contribution in [0.4, 0.5) is 22.7 Å². The number of benzene rings is 2. The summed E-state index contributed by atoms with van der Waals surface area (Å²) in [6, 6.07) is 16.5. The Kier molecular flexibility index (Phi) is 6.12. The van der Waals surface area contributed by atoms with Crippen LogP contribution >= 0.6 is 0 Å². The van der Waals surface area contributed by atoms with Gasteiger partial charge in [-0.2, -0.15) is 0 Å². The third-order valence-corrected chi connectivity index (χ3v) is 5.62. The summed E-state index contributed by atoms with van der Waals surface area (Å²) >= 11 is 0. The van der Waals surface area contributed by atoms with Gasteiger partial charge in [-0.1, -0.05) is 0 Å². The van der Waals surface area contributed by atoms with E-state index in [-0.39, 0.29) is 11.8 Å². The van der Waals surface area contributed by atoms with Gasteiger partial charge in [-0.3, -0.25) is 4.79 Å². The van der Waals surface area contributed by atoms with Crippen LogP contribution in [0.25, 0.3) is 0 Å². The average molecular weight is 380 g/mol. The van der Waals surface area contributed by atoms with E-state index in [4.69, 9.17) is 4.74 Å². The molecule has 0 spiro atoms. The summed E-state index contributed by atoms with van der Waals surface area (Å²) in [6.45, 7) is 3.68. The molecule has 0 unspecified atom stereocenters. The van der Waals surface area contributed by atoms with Gasteiger partial charge in [0, 0.05) is 55.0 Å². The van der Waals surface area contributed by atoms with Crippen molar-refractivity contribution in [2.75, 3.05) is 41.8 Å². The van der Waals surface area contributed by atoms with E-state index in [2.05, 4.69) is 39.8 Å². The van der Waals surface area contributed by atoms with E-state index in [9.17, 15) is 4.79 Å². The highest BCUT2D eigenvalue weighted by molar-refractivity contribution is 5.92. The second-order valence-corrected chi connectivity index (χ2v) is 7.67. The van der Waals surface area contributed by atoms with E-state index < -0.39 is 0 Å². The van der Waals surface area contributed by atoms with Crippen LogP contribution in [0.1, 0.15) is 32.1 Å². The van der Waals surface area contributed by atoms with Gasteiger partial charge in [0.1, 0.15) is 0 Å². The SMILES string of the molecule is O=C(Nc1ccc(Nc2ccc(N3CCCCC3)cc2)cc1)C1CCOCC1. The Morgan fingerprint density at radius 1 is 0.821 bits per heavy atom. The molecule has 1 amide bonds. The highest BCUT2D eigenvalue weighted by Crippen LogP contribution is 2.25. The van der Waals surface area contributed by atoms with Gasteiger partial charge in [-0.15, -0.1) is 0 Å². The molecule has 2 aliphatic rings. The van der Waals surface area contributed by atoms with Crippen LogP contribution in [0.2, 0.25) is 0 Å². The number of anilines is 4. The first-order valence-electron chi connectivity index (χ1n) is 10.4. The summed E-state index contributed by atoms with van der Waals surface area (Å²) in [5.41, 5.74) is 4.22. The topological polar surface area (TPSA) is 53.6 Å². The summed E-state index contributed by atoms with van der Waals surface area (Å²) in [7, 11) is 0. The van der Waals surface area contributed by atoms with Crippen molar-refractivity contribution in [3.05, 3.63) is 48.5 Å². The van der Waals surface area contributed by atoms with Gasteiger partial charge in [0.2, 0.25) is 5.91 Å². The standard InChI is InChI=1S/C23H29N3O2/c27-23(18-12-16-28-17-13-18)25-21-6-4-19(5-7-21)24-20-8-10-22(11-9-20)26-14-2-1-3-15-26/h4-11,18,24H,1-3,12-17H2,(H,25,27). The quantitative estimate of drug-likeness (QED) is 0.785. The molecule has 0 radical (unpaired) electrons. The second-order valence-electron chi connectivity index (χ2n) is 7.67. The van der Waals surface area contributed by atoms with Crippen molar-refractivity contribution in [1.82, 2.24) is 0 Å². The first-order chi connectivity index (χ1) is 13.8. The number of nitrogens with one attached hydrogen (secondary N) is 2. The molecule has 2 aliphatic heterocycles. The third kappa shape index (κ3) is 4.84. The van der Waals surface area contributed by atoms with E-state index in [1.165, 1.54) is 24.9 Å². The first kappa shape index (κ1) is 18.8. The van der Waals surface area contributed by atoms with E-state index in [0.717, 1.165) is 43.0 Å². The molecule has 0 aliphatic carbocycles. The Morgan fingerprint density at radius 3 is 2.04 bits per heavy atom. The number of ether oxygens (including phenoxy) is 1. The molecule has 2 heterocycles. The number of hydrogen-bond acceptors (Lipinski definition) is 4. The van der Waals surface area contributed by atoms with Crippen molar-refractivity contribution in [2.24, 2.45) is 5.92 Å². The number of hydrogen-bond donors (Lipinski definition) is 2. The summed E-state index contributed by atoms with van der Waals surface area (Å²) in [6.07, 6.45) is 5.54. The Hall–Kier alpha value is -2.53. The molecule has 148 valence electrons. The van der Waals surface area contributed by atoms with E-state index in [1.54, 1.807) is 0 Å². The molecule has 2 saturated heterocycles. The van der Waals surface area contributed by atoms with Gasteiger partial charge in [0.25, 0.3) is 0 Å². The predicted octanol–water partition coefficient (Wildman–Crippen LogP) is 4.79. The largest absolute Gasteiger partial charge is 0.381 e. The van der Waals surface area contributed by atoms with E-state index in [0.29, 0.717) is 13.2 Å². The fraction of sp³-hybridized carbons (Fsp3) is 0.435. The highest BCUT2D eigenvalue weighted by atomic mass is 16.5. The number of amides is 1. The third-order valence-electron chi connectivity index (χ3n) is 5.62. The Labute approximate surface area is 167 Å². The van der Waals surface area contributed by atoms with Crippen molar-refractivity contribution >= 4 is 28.7 Å². The molecule has 0 atom stereocenters. The maximum atomic E-state index is 12.3. The maximum absolute atomic E-state index is 12.3. The lowest BCUT2D eigenvalue weighted by Crippen LogP contribution is -2.29. The summed E-state index contributed by atoms with van der Waals surface area (Å²) in [5.74, 6) is 0.155. The minimum absolute atomic E-state index is 0.0602. The van der Waals surface area contributed by atoms with Crippen molar-refractivity contribution < 1.29 is 9.53 Å². The first-order valence-corrected chi connectivity index (χ1v) is 10.4. The maximum Gasteiger partial charge on any atom is 0.227 e. The summed E-state index contributed by atoms with van der Waals surface area (Å²) < 4.78 is 5.32. The molecule has 2 aromatic carbocycles. The van der Waals surface area contributed by atoms with Crippen LogP contribution < -0.4 is 15.5 Å². The number of carbonyl (C=O) groups excluding carboxylic acids is 1. The molecular formula is C23H29N3O2. The molecule has 2 fully saturated rings. The monoisotopic (exact) mass is 379 g/mol. The number of nitrogens with zero attached hydrogens (tertiary/aromatic N) is 1. The van der Waals surface area contributed by atoms with Crippen LogP contribution in [0, 0.1) is 5.92 Å². The minimum atomic E-state index is 0.0602. The van der Waals surface area contributed by atoms with Gasteiger partial charge in [-0.05, 0) is 80.6 Å². The van der Waals surface area contributed by atoms with Gasteiger partial charge in [0.05, 0.1) is 0 Å². The Balaban J connectivity index is 1.32. The number of rotatable bonds is 5. The van der Waals surface area contributed by atoms with Crippen LogP contribution in [0.3, 0.4) is 0 Å². The molecule has 28 heavy (non-hydrogen) atoms. The zero-order valence-corrected chi connectivity index (χ0v) is 16.3. The fourth-order valence-corrected chi connectivity index (χ4v) is 3.92. The van der Waals surface area contributed by atoms with Crippen molar-refractivity contribution in [2.45, 2.75) is 32.1 Å². The molecular weight excluding hydrogens is 350 g/mol. The second kappa shape index (κ2) is 9.11. The van der Waals surface area contributed by atoms with E-state index >= 15 is 0 Å². The molecule has 5 nitrogen and oxygen atoms in total. The van der Waals surface area contributed by atoms with Gasteiger partial charge >= 0.3 is 0 Å². The summed E-state index contributed by atoms with van der Waals surface area (Å²) in [4.78, 5) is 14.8. The molecule has 0 bridgehead atoms. The Bertz CT molecular complexity index is 761. The molecule has 0 saturated carbocycles. The molecule has 5 heteroatoms. The lowest BCUT2D eigenvalue weighted by molar-refractivity contribution is -0.122. The average Bonchev–Trinajstić information content (AvgIpc) is 2.77.